The minimum Gasteiger partial charge on any atom is -0.382 e. The summed E-state index contributed by atoms with van der Waals surface area (Å²) in [5.74, 6) is 0.0787. The maximum absolute atomic E-state index is 12.8. The van der Waals surface area contributed by atoms with E-state index >= 15 is 0 Å². The molecule has 170 valence electrons. The Balaban J connectivity index is 1.59. The average molecular weight is 505 g/mol. The van der Waals surface area contributed by atoms with Crippen LogP contribution in [0.5, 0.6) is 0 Å². The Bertz CT molecular complexity index is 1050. The van der Waals surface area contributed by atoms with E-state index in [0.29, 0.717) is 20.6 Å². The van der Waals surface area contributed by atoms with Crippen molar-refractivity contribution in [2.45, 2.75) is 51.6 Å². The number of carbonyl (C=O) groups is 1. The number of thiazole rings is 1. The summed E-state index contributed by atoms with van der Waals surface area (Å²) in [6.07, 6.45) is 3.06. The molecule has 0 unspecified atom stereocenters. The van der Waals surface area contributed by atoms with Crippen molar-refractivity contribution < 1.29 is 13.2 Å². The topological polar surface area (TPSA) is 114 Å². The molecule has 2 aromatic rings. The van der Waals surface area contributed by atoms with E-state index in [1.54, 1.807) is 12.1 Å². The molecule has 3 rings (SSSR count). The van der Waals surface area contributed by atoms with Gasteiger partial charge in [0.15, 0.2) is 5.13 Å². The molecule has 1 heterocycles. The second-order valence-electron chi connectivity index (χ2n) is 8.17. The van der Waals surface area contributed by atoms with Crippen molar-refractivity contribution in [3.63, 3.8) is 0 Å². The highest BCUT2D eigenvalue weighted by molar-refractivity contribution is 7.89. The minimum atomic E-state index is -3.26. The summed E-state index contributed by atoms with van der Waals surface area (Å²) >= 11 is 13.2. The normalized spacial score (nSPS) is 19.5. The van der Waals surface area contributed by atoms with Crippen LogP contribution in [0.25, 0.3) is 0 Å². The van der Waals surface area contributed by atoms with Crippen LogP contribution in [0.2, 0.25) is 10.0 Å². The molecule has 1 fully saturated rings. The molecule has 11 heteroatoms. The van der Waals surface area contributed by atoms with Gasteiger partial charge in [0.1, 0.15) is 10.7 Å². The highest BCUT2D eigenvalue weighted by Gasteiger charge is 2.27. The van der Waals surface area contributed by atoms with Gasteiger partial charge in [-0.15, -0.1) is 0 Å². The Morgan fingerprint density at radius 3 is 2.48 bits per heavy atom. The molecule has 0 bridgehead atoms. The number of aromatic nitrogens is 1. The summed E-state index contributed by atoms with van der Waals surface area (Å²) in [7, 11) is -3.26. The average Bonchev–Trinajstić information content (AvgIpc) is 3.01. The summed E-state index contributed by atoms with van der Waals surface area (Å²) in [4.78, 5) is 17.4. The molecule has 1 aromatic carbocycles. The smallest absolute Gasteiger partial charge is 0.212 e. The van der Waals surface area contributed by atoms with Gasteiger partial charge in [-0.25, -0.2) is 18.1 Å². The zero-order valence-electron chi connectivity index (χ0n) is 17.3. The van der Waals surface area contributed by atoms with Gasteiger partial charge in [-0.2, -0.15) is 0 Å². The van der Waals surface area contributed by atoms with Gasteiger partial charge in [0.2, 0.25) is 15.8 Å². The Labute approximate surface area is 196 Å². The Morgan fingerprint density at radius 1 is 1.23 bits per heavy atom. The highest BCUT2D eigenvalue weighted by Crippen LogP contribution is 2.32. The molecule has 31 heavy (non-hydrogen) atoms. The molecule has 1 saturated carbocycles. The number of halogens is 2. The zero-order valence-corrected chi connectivity index (χ0v) is 20.5. The Hall–Kier alpha value is -1.39. The lowest BCUT2D eigenvalue weighted by Crippen LogP contribution is -2.41. The second-order valence-corrected chi connectivity index (χ2v) is 11.8. The summed E-state index contributed by atoms with van der Waals surface area (Å²) < 4.78 is 27.1. The van der Waals surface area contributed by atoms with Crippen molar-refractivity contribution in [1.82, 2.24) is 9.71 Å². The summed E-state index contributed by atoms with van der Waals surface area (Å²) in [6, 6.07) is 4.78. The Kier molecular flexibility index (Phi) is 7.86. The number of nitrogens with one attached hydrogen (secondary N) is 2. The monoisotopic (exact) mass is 504 g/mol. The molecule has 0 amide bonds. The van der Waals surface area contributed by atoms with E-state index < -0.39 is 10.0 Å². The van der Waals surface area contributed by atoms with Crippen LogP contribution >= 0.6 is 34.5 Å². The number of ketones is 1. The third kappa shape index (κ3) is 6.55. The van der Waals surface area contributed by atoms with E-state index in [2.05, 4.69) is 15.0 Å². The standard InChI is InChI=1S/C20H26Cl2N4O3S2/c1-11(2)10-31(28,29)26-14-6-4-13(5-7-14)24-20-25-19(23)18(30-20)17(27)15-8-3-12(21)9-16(15)22/h3,8-9,11,13-14,26H,4-7,10,23H2,1-2H3,(H,24,25). The number of rotatable bonds is 8. The van der Waals surface area contributed by atoms with Crippen LogP contribution in [0.4, 0.5) is 10.9 Å². The quantitative estimate of drug-likeness (QED) is 0.453. The number of nitrogens with zero attached hydrogens (tertiary/aromatic N) is 1. The van der Waals surface area contributed by atoms with Gasteiger partial charge < -0.3 is 11.1 Å². The predicted octanol–water partition coefficient (Wildman–Crippen LogP) is 4.56. The lowest BCUT2D eigenvalue weighted by atomic mass is 9.92. The third-order valence-corrected chi connectivity index (χ3v) is 8.34. The van der Waals surface area contributed by atoms with Crippen molar-refractivity contribution in [3.8, 4) is 0 Å². The van der Waals surface area contributed by atoms with Crippen LogP contribution < -0.4 is 15.8 Å². The van der Waals surface area contributed by atoms with Gasteiger partial charge in [0.05, 0.1) is 10.8 Å². The SMILES string of the molecule is CC(C)CS(=O)(=O)NC1CCC(Nc2nc(N)c(C(=O)c3ccc(Cl)cc3Cl)s2)CC1. The van der Waals surface area contributed by atoms with E-state index in [9.17, 15) is 13.2 Å². The molecule has 7 nitrogen and oxygen atoms in total. The fourth-order valence-electron chi connectivity index (χ4n) is 3.62. The van der Waals surface area contributed by atoms with Crippen molar-refractivity contribution in [3.05, 3.63) is 38.7 Å². The number of hydrogen-bond acceptors (Lipinski definition) is 7. The number of benzene rings is 1. The molecule has 0 atom stereocenters. The van der Waals surface area contributed by atoms with Crippen molar-refractivity contribution >= 4 is 61.3 Å². The van der Waals surface area contributed by atoms with Gasteiger partial charge in [0, 0.05) is 22.7 Å². The molecule has 0 aliphatic heterocycles. The molecule has 0 spiro atoms. The largest absolute Gasteiger partial charge is 0.382 e. The minimum absolute atomic E-state index is 0.0488. The first-order chi connectivity index (χ1) is 14.5. The molecule has 0 saturated heterocycles. The van der Waals surface area contributed by atoms with Gasteiger partial charge in [-0.1, -0.05) is 48.4 Å². The van der Waals surface area contributed by atoms with E-state index in [-0.39, 0.29) is 40.4 Å². The molecule has 1 aromatic heterocycles. The lowest BCUT2D eigenvalue weighted by molar-refractivity contribution is 0.104. The second kappa shape index (κ2) is 10.0. The van der Waals surface area contributed by atoms with E-state index in [1.165, 1.54) is 17.4 Å². The zero-order chi connectivity index (χ0) is 22.8. The first-order valence-electron chi connectivity index (χ1n) is 10.1. The molecule has 4 N–H and O–H groups in total. The molecular weight excluding hydrogens is 479 g/mol. The summed E-state index contributed by atoms with van der Waals surface area (Å²) in [6.45, 7) is 3.78. The molecular formula is C20H26Cl2N4O3S2. The van der Waals surface area contributed by atoms with Crippen molar-refractivity contribution in [2.75, 3.05) is 16.8 Å². The highest BCUT2D eigenvalue weighted by atomic mass is 35.5. The number of carbonyl (C=O) groups excluding carboxylic acids is 1. The van der Waals surface area contributed by atoms with Crippen LogP contribution in [-0.4, -0.2) is 37.0 Å². The Morgan fingerprint density at radius 2 is 1.87 bits per heavy atom. The van der Waals surface area contributed by atoms with E-state index in [0.717, 1.165) is 25.7 Å². The maximum atomic E-state index is 12.8. The van der Waals surface area contributed by atoms with Crippen molar-refractivity contribution in [2.24, 2.45) is 5.92 Å². The number of sulfonamides is 1. The summed E-state index contributed by atoms with van der Waals surface area (Å²) in [5.41, 5.74) is 6.31. The predicted molar refractivity (Wildman–Crippen MR) is 128 cm³/mol. The van der Waals surface area contributed by atoms with Gasteiger partial charge >= 0.3 is 0 Å². The van der Waals surface area contributed by atoms with E-state index in [4.69, 9.17) is 28.9 Å². The number of nitrogen functional groups attached to an aromatic ring is 1. The van der Waals surface area contributed by atoms with Gasteiger partial charge in [-0.05, 0) is 49.8 Å². The van der Waals surface area contributed by atoms with E-state index in [1.807, 2.05) is 13.8 Å². The lowest BCUT2D eigenvalue weighted by Gasteiger charge is -2.29. The van der Waals surface area contributed by atoms with Crippen LogP contribution in [0, 0.1) is 5.92 Å². The van der Waals surface area contributed by atoms with Crippen LogP contribution in [-0.2, 0) is 10.0 Å². The van der Waals surface area contributed by atoms with Crippen molar-refractivity contribution in [1.29, 1.82) is 0 Å². The molecule has 1 aliphatic carbocycles. The number of hydrogen-bond donors (Lipinski definition) is 3. The fourth-order valence-corrected chi connectivity index (χ4v) is 6.75. The third-order valence-electron chi connectivity index (χ3n) is 4.99. The van der Waals surface area contributed by atoms with Gasteiger partial charge in [-0.3, -0.25) is 4.79 Å². The molecule has 1 aliphatic rings. The number of anilines is 2. The van der Waals surface area contributed by atoms with Gasteiger partial charge in [0.25, 0.3) is 0 Å². The maximum Gasteiger partial charge on any atom is 0.212 e. The van der Waals surface area contributed by atoms with Crippen LogP contribution in [0.3, 0.4) is 0 Å². The first kappa shape index (κ1) is 24.3. The van der Waals surface area contributed by atoms with Crippen LogP contribution in [0.1, 0.15) is 54.8 Å². The summed E-state index contributed by atoms with van der Waals surface area (Å²) in [5, 5.41) is 4.61. The fraction of sp³-hybridized carbons (Fsp3) is 0.500. The van der Waals surface area contributed by atoms with Crippen LogP contribution in [0.15, 0.2) is 18.2 Å². The number of nitrogens with two attached hydrogens (primary N) is 1. The molecule has 0 radical (unpaired) electrons. The first-order valence-corrected chi connectivity index (χ1v) is 13.3.